The lowest BCUT2D eigenvalue weighted by atomic mass is 10.2. The predicted molar refractivity (Wildman–Crippen MR) is 49.7 cm³/mol. The van der Waals surface area contributed by atoms with E-state index in [9.17, 15) is 4.79 Å². The fraction of sp³-hybridized carbons (Fsp3) is 0.900. The largest absolute Gasteiger partial charge is 0.376 e. The van der Waals surface area contributed by atoms with Crippen LogP contribution < -0.4 is 0 Å². The maximum atomic E-state index is 11.2. The van der Waals surface area contributed by atoms with Crippen molar-refractivity contribution in [3.63, 3.8) is 0 Å². The van der Waals surface area contributed by atoms with E-state index in [0.29, 0.717) is 13.0 Å². The Labute approximate surface area is 79.4 Å². The number of carbonyl (C=O) groups is 1. The van der Waals surface area contributed by atoms with Crippen LogP contribution in [0.25, 0.3) is 0 Å². The van der Waals surface area contributed by atoms with Crippen molar-refractivity contribution in [1.29, 1.82) is 0 Å². The highest BCUT2D eigenvalue weighted by molar-refractivity contribution is 5.82. The Bertz CT molecular complexity index is 162. The summed E-state index contributed by atoms with van der Waals surface area (Å²) in [5.74, 6) is 0.165. The van der Waals surface area contributed by atoms with Crippen LogP contribution in [0.5, 0.6) is 0 Å². The second-order valence-electron chi connectivity index (χ2n) is 3.43. The van der Waals surface area contributed by atoms with Gasteiger partial charge in [0.25, 0.3) is 0 Å². The minimum Gasteiger partial charge on any atom is -0.376 e. The molecule has 0 aromatic rings. The van der Waals surface area contributed by atoms with E-state index in [1.54, 1.807) is 6.92 Å². The molecule has 0 aliphatic carbocycles. The van der Waals surface area contributed by atoms with E-state index in [0.717, 1.165) is 19.4 Å². The van der Waals surface area contributed by atoms with E-state index in [1.165, 1.54) is 0 Å². The van der Waals surface area contributed by atoms with Crippen molar-refractivity contribution < 1.29 is 14.3 Å². The molecule has 13 heavy (non-hydrogen) atoms. The van der Waals surface area contributed by atoms with Crippen molar-refractivity contribution in [2.75, 3.05) is 13.2 Å². The van der Waals surface area contributed by atoms with Gasteiger partial charge in [-0.1, -0.05) is 6.92 Å². The molecule has 76 valence electrons. The first-order valence-corrected chi connectivity index (χ1v) is 5.00. The Morgan fingerprint density at radius 2 is 2.46 bits per heavy atom. The van der Waals surface area contributed by atoms with Crippen LogP contribution >= 0.6 is 0 Å². The van der Waals surface area contributed by atoms with Crippen LogP contribution in [0.2, 0.25) is 0 Å². The fourth-order valence-corrected chi connectivity index (χ4v) is 1.41. The summed E-state index contributed by atoms with van der Waals surface area (Å²) in [6.45, 7) is 5.06. The van der Waals surface area contributed by atoms with Crippen LogP contribution in [-0.4, -0.2) is 31.2 Å². The Morgan fingerprint density at radius 1 is 1.69 bits per heavy atom. The zero-order valence-corrected chi connectivity index (χ0v) is 8.41. The minimum atomic E-state index is -0.269. The van der Waals surface area contributed by atoms with Gasteiger partial charge in [0.05, 0.1) is 12.7 Å². The molecule has 1 aliphatic heterocycles. The highest BCUT2D eigenvalue weighted by Gasteiger charge is 2.18. The monoisotopic (exact) mass is 186 g/mol. The van der Waals surface area contributed by atoms with Gasteiger partial charge >= 0.3 is 0 Å². The number of hydrogen-bond donors (Lipinski definition) is 0. The van der Waals surface area contributed by atoms with Crippen LogP contribution in [0, 0.1) is 0 Å². The zero-order chi connectivity index (χ0) is 9.68. The van der Waals surface area contributed by atoms with Gasteiger partial charge in [-0.3, -0.25) is 4.79 Å². The van der Waals surface area contributed by atoms with Gasteiger partial charge in [0, 0.05) is 13.0 Å². The van der Waals surface area contributed by atoms with Crippen molar-refractivity contribution >= 4 is 5.78 Å². The van der Waals surface area contributed by atoms with Gasteiger partial charge < -0.3 is 9.47 Å². The van der Waals surface area contributed by atoms with E-state index in [2.05, 4.69) is 0 Å². The van der Waals surface area contributed by atoms with Crippen LogP contribution in [-0.2, 0) is 14.3 Å². The molecule has 0 aromatic heterocycles. The van der Waals surface area contributed by atoms with Gasteiger partial charge in [-0.2, -0.15) is 0 Å². The average molecular weight is 186 g/mol. The molecule has 0 N–H and O–H groups in total. The van der Waals surface area contributed by atoms with Crippen molar-refractivity contribution in [2.45, 2.75) is 45.3 Å². The average Bonchev–Trinajstić information content (AvgIpc) is 2.65. The summed E-state index contributed by atoms with van der Waals surface area (Å²) in [6, 6.07) is 0. The molecule has 0 saturated carbocycles. The van der Waals surface area contributed by atoms with E-state index in [4.69, 9.17) is 9.47 Å². The molecule has 1 rings (SSSR count). The molecule has 2 atom stereocenters. The lowest BCUT2D eigenvalue weighted by Gasteiger charge is -2.14. The van der Waals surface area contributed by atoms with Crippen molar-refractivity contribution in [2.24, 2.45) is 0 Å². The normalized spacial score (nSPS) is 24.6. The fourth-order valence-electron chi connectivity index (χ4n) is 1.41. The lowest BCUT2D eigenvalue weighted by Crippen LogP contribution is -2.25. The number of ether oxygens (including phenoxy) is 2. The summed E-state index contributed by atoms with van der Waals surface area (Å²) in [5, 5.41) is 0. The van der Waals surface area contributed by atoms with Crippen LogP contribution in [0.4, 0.5) is 0 Å². The minimum absolute atomic E-state index is 0.165. The van der Waals surface area contributed by atoms with Gasteiger partial charge in [-0.15, -0.1) is 0 Å². The molecular formula is C10H18O3. The maximum Gasteiger partial charge on any atom is 0.160 e. The summed E-state index contributed by atoms with van der Waals surface area (Å²) in [5.41, 5.74) is 0. The molecule has 1 fully saturated rings. The standard InChI is InChI=1S/C10H18O3/c1-3-10(11)8(2)13-7-9-5-4-6-12-9/h8-9H,3-7H2,1-2H3. The van der Waals surface area contributed by atoms with E-state index in [1.807, 2.05) is 6.92 Å². The highest BCUT2D eigenvalue weighted by Crippen LogP contribution is 2.12. The molecular weight excluding hydrogens is 168 g/mol. The first-order chi connectivity index (χ1) is 6.24. The van der Waals surface area contributed by atoms with Crippen molar-refractivity contribution in [3.05, 3.63) is 0 Å². The molecule has 0 radical (unpaired) electrons. The third-order valence-corrected chi connectivity index (χ3v) is 2.36. The first-order valence-electron chi connectivity index (χ1n) is 5.00. The van der Waals surface area contributed by atoms with E-state index in [-0.39, 0.29) is 18.0 Å². The van der Waals surface area contributed by atoms with Crippen molar-refractivity contribution in [3.8, 4) is 0 Å². The molecule has 0 aromatic carbocycles. The number of carbonyl (C=O) groups excluding carboxylic acids is 1. The first kappa shape index (κ1) is 10.7. The number of hydrogen-bond acceptors (Lipinski definition) is 3. The second kappa shape index (κ2) is 5.35. The molecule has 0 spiro atoms. The van der Waals surface area contributed by atoms with E-state index >= 15 is 0 Å². The number of rotatable bonds is 5. The van der Waals surface area contributed by atoms with Crippen LogP contribution in [0.3, 0.4) is 0 Å². The van der Waals surface area contributed by atoms with Gasteiger partial charge in [0.15, 0.2) is 5.78 Å². The second-order valence-corrected chi connectivity index (χ2v) is 3.43. The Morgan fingerprint density at radius 3 is 3.00 bits per heavy atom. The third-order valence-electron chi connectivity index (χ3n) is 2.36. The highest BCUT2D eigenvalue weighted by atomic mass is 16.5. The molecule has 0 bridgehead atoms. The molecule has 0 amide bonds. The maximum absolute atomic E-state index is 11.2. The van der Waals surface area contributed by atoms with Crippen LogP contribution in [0.1, 0.15) is 33.1 Å². The topological polar surface area (TPSA) is 35.5 Å². The molecule has 3 heteroatoms. The predicted octanol–water partition coefficient (Wildman–Crippen LogP) is 1.55. The Kier molecular flexibility index (Phi) is 4.39. The molecule has 1 heterocycles. The summed E-state index contributed by atoms with van der Waals surface area (Å²) in [7, 11) is 0. The lowest BCUT2D eigenvalue weighted by molar-refractivity contribution is -0.131. The molecule has 1 saturated heterocycles. The Hall–Kier alpha value is -0.410. The summed E-state index contributed by atoms with van der Waals surface area (Å²) in [4.78, 5) is 11.2. The Balaban J connectivity index is 2.13. The SMILES string of the molecule is CCC(=O)C(C)OCC1CCCO1. The zero-order valence-electron chi connectivity index (χ0n) is 8.41. The molecule has 3 nitrogen and oxygen atoms in total. The molecule has 2 unspecified atom stereocenters. The number of ketones is 1. The van der Waals surface area contributed by atoms with Gasteiger partial charge in [-0.05, 0) is 19.8 Å². The number of Topliss-reactive ketones (excluding diaryl/α,β-unsaturated/α-hetero) is 1. The van der Waals surface area contributed by atoms with E-state index < -0.39 is 0 Å². The smallest absolute Gasteiger partial charge is 0.160 e. The summed E-state index contributed by atoms with van der Waals surface area (Å²) < 4.78 is 10.8. The van der Waals surface area contributed by atoms with Crippen LogP contribution in [0.15, 0.2) is 0 Å². The summed E-state index contributed by atoms with van der Waals surface area (Å²) >= 11 is 0. The van der Waals surface area contributed by atoms with Gasteiger partial charge in [-0.25, -0.2) is 0 Å². The third kappa shape index (κ3) is 3.44. The van der Waals surface area contributed by atoms with Gasteiger partial charge in [0.1, 0.15) is 6.10 Å². The molecule has 1 aliphatic rings. The summed E-state index contributed by atoms with van der Waals surface area (Å²) in [6.07, 6.45) is 2.67. The van der Waals surface area contributed by atoms with Crippen molar-refractivity contribution in [1.82, 2.24) is 0 Å². The van der Waals surface area contributed by atoms with Gasteiger partial charge in [0.2, 0.25) is 0 Å². The quantitative estimate of drug-likeness (QED) is 0.653.